The summed E-state index contributed by atoms with van der Waals surface area (Å²) in [4.78, 5) is 0. The van der Waals surface area contributed by atoms with Gasteiger partial charge in [-0.05, 0) is 65.6 Å². The topological polar surface area (TPSA) is 0 Å². The summed E-state index contributed by atoms with van der Waals surface area (Å²) in [5, 5.41) is 0. The molecule has 0 nitrogen and oxygen atoms in total. The highest BCUT2D eigenvalue weighted by Crippen LogP contribution is 2.49. The summed E-state index contributed by atoms with van der Waals surface area (Å²) in [6.07, 6.45) is 2.50. The SMILES string of the molecule is Cc1ccc2c(c1)C(c1ccc3c(c1)CC3)c1cc(C)ccc1-2. The van der Waals surface area contributed by atoms with E-state index in [0.29, 0.717) is 5.92 Å². The van der Waals surface area contributed by atoms with Crippen LogP contribution in [0.15, 0.2) is 54.6 Å². The second kappa shape index (κ2) is 4.58. The van der Waals surface area contributed by atoms with Gasteiger partial charge in [-0.1, -0.05) is 65.7 Å². The van der Waals surface area contributed by atoms with Crippen LogP contribution in [0, 0.1) is 13.8 Å². The van der Waals surface area contributed by atoms with Crippen LogP contribution in [0.5, 0.6) is 0 Å². The first-order chi connectivity index (χ1) is 11.2. The zero-order valence-electron chi connectivity index (χ0n) is 13.7. The third kappa shape index (κ3) is 1.84. The molecule has 0 N–H and O–H groups in total. The van der Waals surface area contributed by atoms with E-state index in [2.05, 4.69) is 68.4 Å². The van der Waals surface area contributed by atoms with Crippen molar-refractivity contribution in [2.75, 3.05) is 0 Å². The van der Waals surface area contributed by atoms with E-state index in [-0.39, 0.29) is 0 Å². The zero-order chi connectivity index (χ0) is 15.6. The van der Waals surface area contributed by atoms with Crippen molar-refractivity contribution in [1.29, 1.82) is 0 Å². The minimum atomic E-state index is 0.394. The average molecular weight is 296 g/mol. The summed E-state index contributed by atoms with van der Waals surface area (Å²) >= 11 is 0. The van der Waals surface area contributed by atoms with Crippen LogP contribution in [0.4, 0.5) is 0 Å². The fourth-order valence-electron chi connectivity index (χ4n) is 4.25. The Labute approximate surface area is 137 Å². The number of fused-ring (bicyclic) bond motifs is 4. The van der Waals surface area contributed by atoms with Gasteiger partial charge < -0.3 is 0 Å². The molecule has 0 amide bonds. The molecular weight excluding hydrogens is 276 g/mol. The highest BCUT2D eigenvalue weighted by atomic mass is 14.3. The number of benzene rings is 3. The molecule has 2 aliphatic carbocycles. The van der Waals surface area contributed by atoms with E-state index in [1.54, 1.807) is 11.1 Å². The largest absolute Gasteiger partial charge is 0.0587 e. The van der Waals surface area contributed by atoms with Gasteiger partial charge in [0.05, 0.1) is 0 Å². The molecule has 0 saturated heterocycles. The van der Waals surface area contributed by atoms with Gasteiger partial charge in [0.2, 0.25) is 0 Å². The first kappa shape index (κ1) is 13.1. The third-order valence-corrected chi connectivity index (χ3v) is 5.55. The second-order valence-electron chi connectivity index (χ2n) is 7.14. The fraction of sp³-hybridized carbons (Fsp3) is 0.217. The molecule has 5 rings (SSSR count). The van der Waals surface area contributed by atoms with Crippen LogP contribution in [0.1, 0.15) is 44.9 Å². The summed E-state index contributed by atoms with van der Waals surface area (Å²) < 4.78 is 0. The lowest BCUT2D eigenvalue weighted by atomic mass is 9.82. The maximum atomic E-state index is 2.45. The second-order valence-corrected chi connectivity index (χ2v) is 7.14. The molecule has 3 aromatic rings. The first-order valence-corrected chi connectivity index (χ1v) is 8.54. The van der Waals surface area contributed by atoms with Crippen molar-refractivity contribution in [2.45, 2.75) is 32.6 Å². The van der Waals surface area contributed by atoms with Gasteiger partial charge in [0.25, 0.3) is 0 Å². The van der Waals surface area contributed by atoms with Crippen molar-refractivity contribution >= 4 is 0 Å². The van der Waals surface area contributed by atoms with Crippen LogP contribution >= 0.6 is 0 Å². The molecule has 0 saturated carbocycles. The number of aryl methyl sites for hydroxylation is 4. The molecule has 23 heavy (non-hydrogen) atoms. The van der Waals surface area contributed by atoms with E-state index >= 15 is 0 Å². The minimum absolute atomic E-state index is 0.394. The van der Waals surface area contributed by atoms with Crippen LogP contribution in [-0.4, -0.2) is 0 Å². The quantitative estimate of drug-likeness (QED) is 0.431. The van der Waals surface area contributed by atoms with Crippen molar-refractivity contribution in [3.8, 4) is 11.1 Å². The minimum Gasteiger partial charge on any atom is -0.0587 e. The molecule has 2 aliphatic rings. The van der Waals surface area contributed by atoms with E-state index in [1.165, 1.54) is 51.8 Å². The number of rotatable bonds is 1. The summed E-state index contributed by atoms with van der Waals surface area (Å²) in [6, 6.07) is 21.0. The fourth-order valence-corrected chi connectivity index (χ4v) is 4.25. The van der Waals surface area contributed by atoms with Crippen LogP contribution in [0.3, 0.4) is 0 Å². The van der Waals surface area contributed by atoms with Crippen LogP contribution in [0.25, 0.3) is 11.1 Å². The molecular formula is C23H20. The average Bonchev–Trinajstić information content (AvgIpc) is 2.81. The Balaban J connectivity index is 1.78. The number of hydrogen-bond acceptors (Lipinski definition) is 0. The predicted molar refractivity (Wildman–Crippen MR) is 96.1 cm³/mol. The van der Waals surface area contributed by atoms with Gasteiger partial charge in [-0.25, -0.2) is 0 Å². The van der Waals surface area contributed by atoms with E-state index in [9.17, 15) is 0 Å². The molecule has 0 radical (unpaired) electrons. The Morgan fingerprint density at radius 2 is 1.26 bits per heavy atom. The third-order valence-electron chi connectivity index (χ3n) is 5.55. The Kier molecular flexibility index (Phi) is 2.61. The molecule has 0 unspecified atom stereocenters. The van der Waals surface area contributed by atoms with E-state index < -0.39 is 0 Å². The normalized spacial score (nSPS) is 14.9. The molecule has 0 heterocycles. The molecule has 0 spiro atoms. The smallest absolute Gasteiger partial charge is 0.0352 e. The lowest BCUT2D eigenvalue weighted by Crippen LogP contribution is -2.10. The molecule has 0 aliphatic heterocycles. The molecule has 0 bridgehead atoms. The predicted octanol–water partition coefficient (Wildman–Crippen LogP) is 5.56. The highest BCUT2D eigenvalue weighted by Gasteiger charge is 2.30. The molecule has 0 fully saturated rings. The maximum Gasteiger partial charge on any atom is 0.0352 e. The lowest BCUT2D eigenvalue weighted by molar-refractivity contribution is 0.829. The summed E-state index contributed by atoms with van der Waals surface area (Å²) in [5.41, 5.74) is 13.0. The van der Waals surface area contributed by atoms with Crippen molar-refractivity contribution in [3.05, 3.63) is 93.5 Å². The van der Waals surface area contributed by atoms with E-state index in [0.717, 1.165) is 0 Å². The number of hydrogen-bond donors (Lipinski definition) is 0. The van der Waals surface area contributed by atoms with Gasteiger partial charge >= 0.3 is 0 Å². The zero-order valence-corrected chi connectivity index (χ0v) is 13.7. The van der Waals surface area contributed by atoms with Gasteiger partial charge in [-0.15, -0.1) is 0 Å². The van der Waals surface area contributed by atoms with Crippen molar-refractivity contribution in [3.63, 3.8) is 0 Å². The van der Waals surface area contributed by atoms with Crippen LogP contribution < -0.4 is 0 Å². The monoisotopic (exact) mass is 296 g/mol. The van der Waals surface area contributed by atoms with Crippen molar-refractivity contribution in [2.24, 2.45) is 0 Å². The summed E-state index contributed by atoms with van der Waals surface area (Å²) in [7, 11) is 0. The Bertz CT molecular complexity index is 895. The van der Waals surface area contributed by atoms with E-state index in [4.69, 9.17) is 0 Å². The van der Waals surface area contributed by atoms with Crippen molar-refractivity contribution < 1.29 is 0 Å². The Hall–Kier alpha value is -2.34. The summed E-state index contributed by atoms with van der Waals surface area (Å²) in [6.45, 7) is 4.40. The van der Waals surface area contributed by atoms with Crippen molar-refractivity contribution in [1.82, 2.24) is 0 Å². The van der Waals surface area contributed by atoms with Gasteiger partial charge in [0.15, 0.2) is 0 Å². The Morgan fingerprint density at radius 1 is 0.652 bits per heavy atom. The van der Waals surface area contributed by atoms with E-state index in [1.807, 2.05) is 0 Å². The van der Waals surface area contributed by atoms with Gasteiger partial charge in [-0.2, -0.15) is 0 Å². The summed E-state index contributed by atoms with van der Waals surface area (Å²) in [5.74, 6) is 0.394. The lowest BCUT2D eigenvalue weighted by Gasteiger charge is -2.22. The standard InChI is InChI=1S/C23H20/c1-14-3-9-19-20-10-4-15(2)12-22(20)23(21(19)11-14)18-8-6-16-5-7-17(16)13-18/h3-4,6,8-13,23H,5,7H2,1-2H3. The molecule has 112 valence electrons. The first-order valence-electron chi connectivity index (χ1n) is 8.54. The van der Waals surface area contributed by atoms with Crippen LogP contribution in [-0.2, 0) is 12.8 Å². The highest BCUT2D eigenvalue weighted by molar-refractivity contribution is 5.81. The molecule has 0 aromatic heterocycles. The van der Waals surface area contributed by atoms with Gasteiger partial charge in [-0.3, -0.25) is 0 Å². The molecule has 3 aromatic carbocycles. The maximum absolute atomic E-state index is 2.45. The van der Waals surface area contributed by atoms with Crippen LogP contribution in [0.2, 0.25) is 0 Å². The van der Waals surface area contributed by atoms with Gasteiger partial charge in [0.1, 0.15) is 0 Å². The molecule has 0 heteroatoms. The molecule has 0 atom stereocenters. The van der Waals surface area contributed by atoms with Gasteiger partial charge in [0, 0.05) is 5.92 Å². The Morgan fingerprint density at radius 3 is 1.78 bits per heavy atom.